The molecule has 4 rings (SSSR count). The lowest BCUT2D eigenvalue weighted by Crippen LogP contribution is -2.29. The van der Waals surface area contributed by atoms with Crippen molar-refractivity contribution in [2.24, 2.45) is 0 Å². The molecule has 3 aromatic carbocycles. The van der Waals surface area contributed by atoms with Crippen molar-refractivity contribution in [1.82, 2.24) is 0 Å². The number of rotatable bonds is 8. The maximum atomic E-state index is 13.4. The molecule has 0 radical (unpaired) electrons. The van der Waals surface area contributed by atoms with Crippen molar-refractivity contribution in [3.63, 3.8) is 0 Å². The second kappa shape index (κ2) is 10.6. The normalized spacial score (nSPS) is 16.8. The minimum atomic E-state index is -0.895. The molecule has 1 heterocycles. The fraction of sp³-hybridized carbons (Fsp3) is 0.241. The van der Waals surface area contributed by atoms with Crippen molar-refractivity contribution in [1.29, 1.82) is 0 Å². The van der Waals surface area contributed by atoms with E-state index < -0.39 is 17.7 Å². The van der Waals surface area contributed by atoms with E-state index >= 15 is 0 Å². The van der Waals surface area contributed by atoms with E-state index in [4.69, 9.17) is 14.2 Å². The molecule has 0 saturated carbocycles. The van der Waals surface area contributed by atoms with E-state index in [2.05, 4.69) is 0 Å². The van der Waals surface area contributed by atoms with Gasteiger partial charge in [0.05, 0.1) is 32.4 Å². The van der Waals surface area contributed by atoms with Gasteiger partial charge in [-0.15, -0.1) is 0 Å². The van der Waals surface area contributed by atoms with Crippen LogP contribution in [0.3, 0.4) is 0 Å². The van der Waals surface area contributed by atoms with E-state index in [0.29, 0.717) is 40.7 Å². The first-order valence-electron chi connectivity index (χ1n) is 11.8. The maximum absolute atomic E-state index is 13.4. The molecule has 7 heteroatoms. The molecule has 3 aromatic rings. The van der Waals surface area contributed by atoms with Crippen LogP contribution in [0.2, 0.25) is 0 Å². The molecule has 1 N–H and O–H groups in total. The van der Waals surface area contributed by atoms with Gasteiger partial charge in [0.25, 0.3) is 11.7 Å². The Morgan fingerprint density at radius 1 is 0.917 bits per heavy atom. The number of carbonyl (C=O) groups excluding carboxylic acids is 2. The first-order valence-corrected chi connectivity index (χ1v) is 11.8. The zero-order chi connectivity index (χ0) is 25.8. The summed E-state index contributed by atoms with van der Waals surface area (Å²) in [6.45, 7) is 4.29. The number of hydrogen-bond donors (Lipinski definition) is 1. The Hall–Kier alpha value is -4.26. The van der Waals surface area contributed by atoms with Gasteiger partial charge in [-0.05, 0) is 48.7 Å². The molecule has 1 amide bonds. The monoisotopic (exact) mass is 487 g/mol. The zero-order valence-electron chi connectivity index (χ0n) is 20.8. The topological polar surface area (TPSA) is 85.3 Å². The van der Waals surface area contributed by atoms with Gasteiger partial charge in [0, 0.05) is 17.3 Å². The van der Waals surface area contributed by atoms with E-state index in [9.17, 15) is 14.7 Å². The van der Waals surface area contributed by atoms with E-state index in [0.717, 1.165) is 12.0 Å². The summed E-state index contributed by atoms with van der Waals surface area (Å²) in [5.74, 6) is -0.217. The molecule has 1 saturated heterocycles. The fourth-order valence-corrected chi connectivity index (χ4v) is 4.36. The number of amides is 1. The van der Waals surface area contributed by atoms with Crippen molar-refractivity contribution in [3.8, 4) is 17.2 Å². The highest BCUT2D eigenvalue weighted by Crippen LogP contribution is 2.44. The summed E-state index contributed by atoms with van der Waals surface area (Å²) < 4.78 is 16.5. The van der Waals surface area contributed by atoms with E-state index in [1.165, 1.54) is 12.0 Å². The van der Waals surface area contributed by atoms with Gasteiger partial charge in [-0.25, -0.2) is 0 Å². The standard InChI is InChI=1S/C29H29NO6/c1-5-18-10-12-19(13-11-18)27(31)25-26(20-14-15-23(35-4)24(16-20)36-6-2)30(29(33)28(25)32)21-8-7-9-22(17-21)34-3/h7-17,26,31H,5-6H2,1-4H3/b27-25-. The minimum Gasteiger partial charge on any atom is -0.507 e. The molecule has 0 aliphatic carbocycles. The molecule has 0 aromatic heterocycles. The third kappa shape index (κ3) is 4.52. The number of benzene rings is 3. The molecule has 0 bridgehead atoms. The number of anilines is 1. The quantitative estimate of drug-likeness (QED) is 0.264. The Labute approximate surface area is 210 Å². The minimum absolute atomic E-state index is 0.000293. The lowest BCUT2D eigenvalue weighted by Gasteiger charge is -2.26. The second-order valence-corrected chi connectivity index (χ2v) is 8.26. The van der Waals surface area contributed by atoms with Crippen molar-refractivity contribution in [3.05, 3.63) is 89.0 Å². The van der Waals surface area contributed by atoms with Crippen molar-refractivity contribution < 1.29 is 28.9 Å². The fourth-order valence-electron chi connectivity index (χ4n) is 4.36. The summed E-state index contributed by atoms with van der Waals surface area (Å²) in [5, 5.41) is 11.3. The summed E-state index contributed by atoms with van der Waals surface area (Å²) in [5.41, 5.74) is 2.61. The lowest BCUT2D eigenvalue weighted by atomic mass is 9.94. The van der Waals surface area contributed by atoms with Crippen LogP contribution >= 0.6 is 0 Å². The molecular weight excluding hydrogens is 458 g/mol. The van der Waals surface area contributed by atoms with Gasteiger partial charge in [0.1, 0.15) is 11.5 Å². The Morgan fingerprint density at radius 3 is 2.31 bits per heavy atom. The highest BCUT2D eigenvalue weighted by atomic mass is 16.5. The van der Waals surface area contributed by atoms with Gasteiger partial charge in [0.2, 0.25) is 0 Å². The Kier molecular flexibility index (Phi) is 7.29. The number of aryl methyl sites for hydroxylation is 1. The Balaban J connectivity index is 1.95. The Bertz CT molecular complexity index is 1310. The molecule has 1 atom stereocenters. The maximum Gasteiger partial charge on any atom is 0.300 e. The van der Waals surface area contributed by atoms with Crippen LogP contribution in [0.25, 0.3) is 5.76 Å². The predicted octanol–water partition coefficient (Wildman–Crippen LogP) is 5.29. The number of Topliss-reactive ketones (excluding diaryl/α,β-unsaturated/α-hetero) is 1. The van der Waals surface area contributed by atoms with Crippen molar-refractivity contribution in [2.45, 2.75) is 26.3 Å². The summed E-state index contributed by atoms with van der Waals surface area (Å²) in [4.78, 5) is 28.2. The number of methoxy groups -OCH3 is 2. The van der Waals surface area contributed by atoms with Crippen LogP contribution in [-0.4, -0.2) is 37.6 Å². The number of nitrogens with zero attached hydrogens (tertiary/aromatic N) is 1. The average molecular weight is 488 g/mol. The summed E-state index contributed by atoms with van der Waals surface area (Å²) in [6, 6.07) is 18.5. The van der Waals surface area contributed by atoms with E-state index in [1.54, 1.807) is 61.7 Å². The number of aliphatic hydroxyl groups excluding tert-OH is 1. The van der Waals surface area contributed by atoms with Crippen LogP contribution in [-0.2, 0) is 16.0 Å². The summed E-state index contributed by atoms with van der Waals surface area (Å²) in [6.07, 6.45) is 0.841. The number of aliphatic hydroxyl groups is 1. The van der Waals surface area contributed by atoms with Crippen molar-refractivity contribution >= 4 is 23.1 Å². The highest BCUT2D eigenvalue weighted by Gasteiger charge is 2.47. The van der Waals surface area contributed by atoms with Gasteiger partial charge >= 0.3 is 0 Å². The third-order valence-corrected chi connectivity index (χ3v) is 6.21. The highest BCUT2D eigenvalue weighted by molar-refractivity contribution is 6.51. The van der Waals surface area contributed by atoms with Crippen LogP contribution in [0.5, 0.6) is 17.2 Å². The molecule has 7 nitrogen and oxygen atoms in total. The number of ether oxygens (including phenoxy) is 3. The smallest absolute Gasteiger partial charge is 0.300 e. The molecular formula is C29H29NO6. The van der Waals surface area contributed by atoms with Crippen LogP contribution in [0.1, 0.15) is 36.6 Å². The number of carbonyl (C=O) groups is 2. The molecule has 1 aliphatic rings. The lowest BCUT2D eigenvalue weighted by molar-refractivity contribution is -0.132. The third-order valence-electron chi connectivity index (χ3n) is 6.21. The summed E-state index contributed by atoms with van der Waals surface area (Å²) >= 11 is 0. The van der Waals surface area contributed by atoms with E-state index in [-0.39, 0.29) is 11.3 Å². The van der Waals surface area contributed by atoms with Crippen LogP contribution < -0.4 is 19.1 Å². The van der Waals surface area contributed by atoms with Crippen LogP contribution in [0, 0.1) is 0 Å². The van der Waals surface area contributed by atoms with Gasteiger partial charge in [-0.3, -0.25) is 14.5 Å². The van der Waals surface area contributed by atoms with Crippen molar-refractivity contribution in [2.75, 3.05) is 25.7 Å². The van der Waals surface area contributed by atoms with Gasteiger partial charge in [-0.1, -0.05) is 43.3 Å². The molecule has 0 spiro atoms. The zero-order valence-corrected chi connectivity index (χ0v) is 20.8. The predicted molar refractivity (Wildman–Crippen MR) is 138 cm³/mol. The summed E-state index contributed by atoms with van der Waals surface area (Å²) in [7, 11) is 3.07. The number of hydrogen-bond acceptors (Lipinski definition) is 6. The SMILES string of the molecule is CCOc1cc(C2/C(=C(/O)c3ccc(CC)cc3)C(=O)C(=O)N2c2cccc(OC)c2)ccc1OC. The molecule has 36 heavy (non-hydrogen) atoms. The van der Waals surface area contributed by atoms with Gasteiger partial charge in [-0.2, -0.15) is 0 Å². The average Bonchev–Trinajstić information content (AvgIpc) is 3.18. The van der Waals surface area contributed by atoms with Crippen LogP contribution in [0.4, 0.5) is 5.69 Å². The first kappa shape index (κ1) is 24.9. The largest absolute Gasteiger partial charge is 0.507 e. The molecule has 1 fully saturated rings. The molecule has 1 unspecified atom stereocenters. The van der Waals surface area contributed by atoms with Gasteiger partial charge < -0.3 is 19.3 Å². The second-order valence-electron chi connectivity index (χ2n) is 8.26. The molecule has 1 aliphatic heterocycles. The Morgan fingerprint density at radius 2 is 1.67 bits per heavy atom. The first-order chi connectivity index (χ1) is 17.4. The van der Waals surface area contributed by atoms with Crippen LogP contribution in [0.15, 0.2) is 72.3 Å². The number of ketones is 1. The van der Waals surface area contributed by atoms with Gasteiger partial charge in [0.15, 0.2) is 11.5 Å². The van der Waals surface area contributed by atoms with E-state index in [1.807, 2.05) is 26.0 Å². The molecule has 186 valence electrons.